The summed E-state index contributed by atoms with van der Waals surface area (Å²) in [6, 6.07) is 6.58. The van der Waals surface area contributed by atoms with E-state index >= 15 is 0 Å². The predicted molar refractivity (Wildman–Crippen MR) is 50.6 cm³/mol. The molecule has 1 aromatic carbocycles. The Balaban J connectivity index is 2.98. The van der Waals surface area contributed by atoms with Gasteiger partial charge in [-0.15, -0.1) is 0 Å². The molecule has 1 rings (SSSR count). The first kappa shape index (κ1) is 9.67. The summed E-state index contributed by atoms with van der Waals surface area (Å²) >= 11 is 0. The SMILES string of the molecule is CC(CN)c1cccc([N+](=O)[O-])c1. The van der Waals surface area contributed by atoms with E-state index in [0.717, 1.165) is 5.56 Å². The largest absolute Gasteiger partial charge is 0.330 e. The molecular weight excluding hydrogens is 168 g/mol. The molecule has 0 amide bonds. The van der Waals surface area contributed by atoms with Gasteiger partial charge in [-0.05, 0) is 18.0 Å². The van der Waals surface area contributed by atoms with E-state index in [9.17, 15) is 10.1 Å². The second kappa shape index (κ2) is 4.00. The molecule has 0 aromatic heterocycles. The van der Waals surface area contributed by atoms with Crippen LogP contribution in [0.3, 0.4) is 0 Å². The molecule has 0 spiro atoms. The Morgan fingerprint density at radius 2 is 2.31 bits per heavy atom. The standard InChI is InChI=1S/C9H12N2O2/c1-7(6-10)8-3-2-4-9(5-8)11(12)13/h2-5,7H,6,10H2,1H3. The lowest BCUT2D eigenvalue weighted by Gasteiger charge is -2.07. The van der Waals surface area contributed by atoms with Crippen LogP contribution in [0.5, 0.6) is 0 Å². The van der Waals surface area contributed by atoms with Crippen molar-refractivity contribution >= 4 is 5.69 Å². The monoisotopic (exact) mass is 180 g/mol. The zero-order valence-corrected chi connectivity index (χ0v) is 7.43. The summed E-state index contributed by atoms with van der Waals surface area (Å²) in [6.07, 6.45) is 0. The second-order valence-corrected chi connectivity index (χ2v) is 2.99. The minimum Gasteiger partial charge on any atom is -0.330 e. The highest BCUT2D eigenvalue weighted by atomic mass is 16.6. The molecule has 1 atom stereocenters. The molecule has 0 bridgehead atoms. The topological polar surface area (TPSA) is 69.2 Å². The molecule has 1 aromatic rings. The van der Waals surface area contributed by atoms with E-state index in [0.29, 0.717) is 6.54 Å². The number of nitrogens with two attached hydrogens (primary N) is 1. The van der Waals surface area contributed by atoms with Gasteiger partial charge < -0.3 is 5.73 Å². The van der Waals surface area contributed by atoms with Gasteiger partial charge in [-0.2, -0.15) is 0 Å². The van der Waals surface area contributed by atoms with Crippen molar-refractivity contribution in [3.8, 4) is 0 Å². The second-order valence-electron chi connectivity index (χ2n) is 2.99. The molecular formula is C9H12N2O2. The number of non-ortho nitro benzene ring substituents is 1. The summed E-state index contributed by atoms with van der Waals surface area (Å²) in [5.41, 5.74) is 6.50. The van der Waals surface area contributed by atoms with Crippen LogP contribution in [0.15, 0.2) is 24.3 Å². The number of benzene rings is 1. The maximum atomic E-state index is 10.4. The molecule has 0 radical (unpaired) electrons. The molecule has 4 heteroatoms. The van der Waals surface area contributed by atoms with E-state index in [1.165, 1.54) is 6.07 Å². The van der Waals surface area contributed by atoms with Crippen LogP contribution in [0.2, 0.25) is 0 Å². The van der Waals surface area contributed by atoms with Crippen LogP contribution in [-0.2, 0) is 0 Å². The Morgan fingerprint density at radius 1 is 1.62 bits per heavy atom. The van der Waals surface area contributed by atoms with Crippen LogP contribution in [0.4, 0.5) is 5.69 Å². The summed E-state index contributed by atoms with van der Waals surface area (Å²) < 4.78 is 0. The van der Waals surface area contributed by atoms with Gasteiger partial charge in [0.2, 0.25) is 0 Å². The molecule has 4 nitrogen and oxygen atoms in total. The van der Waals surface area contributed by atoms with Crippen molar-refractivity contribution in [1.82, 2.24) is 0 Å². The molecule has 70 valence electrons. The smallest absolute Gasteiger partial charge is 0.269 e. The van der Waals surface area contributed by atoms with E-state index in [2.05, 4.69) is 0 Å². The quantitative estimate of drug-likeness (QED) is 0.568. The fraction of sp³-hybridized carbons (Fsp3) is 0.333. The molecule has 0 aliphatic rings. The fourth-order valence-electron chi connectivity index (χ4n) is 1.08. The first-order chi connectivity index (χ1) is 6.15. The van der Waals surface area contributed by atoms with Gasteiger partial charge in [-0.25, -0.2) is 0 Å². The number of hydrogen-bond donors (Lipinski definition) is 1. The average molecular weight is 180 g/mol. The molecule has 2 N–H and O–H groups in total. The molecule has 1 unspecified atom stereocenters. The third kappa shape index (κ3) is 2.26. The zero-order chi connectivity index (χ0) is 9.84. The van der Waals surface area contributed by atoms with Gasteiger partial charge in [0.25, 0.3) is 5.69 Å². The summed E-state index contributed by atoms with van der Waals surface area (Å²) in [5, 5.41) is 10.4. The van der Waals surface area contributed by atoms with Crippen LogP contribution >= 0.6 is 0 Å². The highest BCUT2D eigenvalue weighted by molar-refractivity contribution is 5.35. The third-order valence-electron chi connectivity index (χ3n) is 2.00. The maximum Gasteiger partial charge on any atom is 0.269 e. The van der Waals surface area contributed by atoms with E-state index in [-0.39, 0.29) is 11.6 Å². The van der Waals surface area contributed by atoms with Crippen molar-refractivity contribution in [2.45, 2.75) is 12.8 Å². The van der Waals surface area contributed by atoms with Crippen LogP contribution in [0.1, 0.15) is 18.4 Å². The molecule has 13 heavy (non-hydrogen) atoms. The van der Waals surface area contributed by atoms with Crippen molar-refractivity contribution in [3.05, 3.63) is 39.9 Å². The first-order valence-electron chi connectivity index (χ1n) is 4.09. The van der Waals surface area contributed by atoms with Crippen molar-refractivity contribution in [2.75, 3.05) is 6.54 Å². The lowest BCUT2D eigenvalue weighted by Crippen LogP contribution is -2.08. The Labute approximate surface area is 76.5 Å². The van der Waals surface area contributed by atoms with Gasteiger partial charge in [0, 0.05) is 12.1 Å². The highest BCUT2D eigenvalue weighted by Crippen LogP contribution is 2.19. The van der Waals surface area contributed by atoms with Crippen LogP contribution < -0.4 is 5.73 Å². The van der Waals surface area contributed by atoms with Gasteiger partial charge in [0.15, 0.2) is 0 Å². The molecule has 0 heterocycles. The lowest BCUT2D eigenvalue weighted by molar-refractivity contribution is -0.384. The van der Waals surface area contributed by atoms with Crippen molar-refractivity contribution in [1.29, 1.82) is 0 Å². The van der Waals surface area contributed by atoms with Gasteiger partial charge in [-0.3, -0.25) is 10.1 Å². The number of rotatable bonds is 3. The molecule has 0 saturated carbocycles. The van der Waals surface area contributed by atoms with Crippen molar-refractivity contribution in [3.63, 3.8) is 0 Å². The minimum absolute atomic E-state index is 0.123. The van der Waals surface area contributed by atoms with Gasteiger partial charge in [0.05, 0.1) is 4.92 Å². The Kier molecular flexibility index (Phi) is 2.97. The van der Waals surface area contributed by atoms with Crippen LogP contribution in [0, 0.1) is 10.1 Å². The van der Waals surface area contributed by atoms with Crippen LogP contribution in [-0.4, -0.2) is 11.5 Å². The van der Waals surface area contributed by atoms with Crippen LogP contribution in [0.25, 0.3) is 0 Å². The van der Waals surface area contributed by atoms with Gasteiger partial charge in [0.1, 0.15) is 0 Å². The van der Waals surface area contributed by atoms with E-state index in [1.54, 1.807) is 12.1 Å². The van der Waals surface area contributed by atoms with E-state index < -0.39 is 4.92 Å². The Bertz CT molecular complexity index is 312. The third-order valence-corrected chi connectivity index (χ3v) is 2.00. The molecule has 0 fully saturated rings. The van der Waals surface area contributed by atoms with E-state index in [1.807, 2.05) is 13.0 Å². The summed E-state index contributed by atoms with van der Waals surface area (Å²) in [4.78, 5) is 10.0. The summed E-state index contributed by atoms with van der Waals surface area (Å²) in [5.74, 6) is 0.167. The van der Waals surface area contributed by atoms with Crippen molar-refractivity contribution < 1.29 is 4.92 Å². The average Bonchev–Trinajstić information content (AvgIpc) is 2.17. The first-order valence-corrected chi connectivity index (χ1v) is 4.09. The molecule has 0 saturated heterocycles. The summed E-state index contributed by atoms with van der Waals surface area (Å²) in [7, 11) is 0. The number of hydrogen-bond acceptors (Lipinski definition) is 3. The van der Waals surface area contributed by atoms with Crippen molar-refractivity contribution in [2.24, 2.45) is 5.73 Å². The fourth-order valence-corrected chi connectivity index (χ4v) is 1.08. The normalized spacial score (nSPS) is 12.5. The molecule has 0 aliphatic heterocycles. The van der Waals surface area contributed by atoms with Gasteiger partial charge in [-0.1, -0.05) is 19.1 Å². The number of nitrogens with zero attached hydrogens (tertiary/aromatic N) is 1. The maximum absolute atomic E-state index is 10.4. The number of nitro groups is 1. The lowest BCUT2D eigenvalue weighted by atomic mass is 10.0. The zero-order valence-electron chi connectivity index (χ0n) is 7.43. The number of nitro benzene ring substituents is 1. The predicted octanol–water partition coefficient (Wildman–Crippen LogP) is 1.66. The Hall–Kier alpha value is -1.42. The minimum atomic E-state index is -0.396. The summed E-state index contributed by atoms with van der Waals surface area (Å²) in [6.45, 7) is 2.44. The van der Waals surface area contributed by atoms with E-state index in [4.69, 9.17) is 5.73 Å². The highest BCUT2D eigenvalue weighted by Gasteiger charge is 2.08. The molecule has 0 aliphatic carbocycles. The Morgan fingerprint density at radius 3 is 2.85 bits per heavy atom. The van der Waals surface area contributed by atoms with Gasteiger partial charge >= 0.3 is 0 Å².